The molecule has 0 spiro atoms. The van der Waals surface area contributed by atoms with Crippen LogP contribution in [0.3, 0.4) is 0 Å². The summed E-state index contributed by atoms with van der Waals surface area (Å²) < 4.78 is 10.2. The zero-order valence-electron chi connectivity index (χ0n) is 15.6. The normalized spacial score (nSPS) is 12.0. The van der Waals surface area contributed by atoms with Gasteiger partial charge in [0.1, 0.15) is 6.61 Å². The molecule has 0 saturated carbocycles. The van der Waals surface area contributed by atoms with E-state index in [2.05, 4.69) is 13.8 Å². The van der Waals surface area contributed by atoms with Crippen LogP contribution in [-0.4, -0.2) is 36.4 Å². The first-order valence-corrected chi connectivity index (χ1v) is 9.59. The predicted molar refractivity (Wildman–Crippen MR) is 94.7 cm³/mol. The topological polar surface area (TPSA) is 72.8 Å². The molecule has 0 aliphatic carbocycles. The van der Waals surface area contributed by atoms with Gasteiger partial charge < -0.3 is 14.6 Å². The highest BCUT2D eigenvalue weighted by Crippen LogP contribution is 2.08. The van der Waals surface area contributed by atoms with Crippen LogP contribution in [0.1, 0.15) is 90.9 Å². The van der Waals surface area contributed by atoms with E-state index in [1.807, 2.05) is 0 Å². The Bertz CT molecular complexity index is 317. The fourth-order valence-electron chi connectivity index (χ4n) is 2.37. The summed E-state index contributed by atoms with van der Waals surface area (Å²) in [5.41, 5.74) is 0. The molecule has 0 aromatic carbocycles. The van der Waals surface area contributed by atoms with Crippen molar-refractivity contribution in [1.82, 2.24) is 0 Å². The first-order valence-electron chi connectivity index (χ1n) is 9.59. The number of rotatable bonds is 16. The largest absolute Gasteiger partial charge is 0.462 e. The molecule has 0 saturated heterocycles. The lowest BCUT2D eigenvalue weighted by Gasteiger charge is -2.15. The SMILES string of the molecule is CCCCCCCCC(=O)OC[C@H](CO)OC(=O)CCCCCC. The molecule has 0 bridgehead atoms. The Balaban J connectivity index is 3.71. The average molecular weight is 344 g/mol. The Kier molecular flexibility index (Phi) is 16.0. The van der Waals surface area contributed by atoms with Crippen molar-refractivity contribution in [3.05, 3.63) is 0 Å². The number of carbonyl (C=O) groups is 2. The number of hydrogen-bond acceptors (Lipinski definition) is 5. The maximum atomic E-state index is 11.6. The molecule has 0 aromatic heterocycles. The van der Waals surface area contributed by atoms with Gasteiger partial charge in [-0.1, -0.05) is 65.2 Å². The van der Waals surface area contributed by atoms with Crippen molar-refractivity contribution in [3.63, 3.8) is 0 Å². The van der Waals surface area contributed by atoms with Gasteiger partial charge in [-0.2, -0.15) is 0 Å². The van der Waals surface area contributed by atoms with E-state index in [1.165, 1.54) is 19.3 Å². The standard InChI is InChI=1S/C19H36O5/c1-3-5-7-9-10-12-13-18(21)23-16-17(15-20)24-19(22)14-11-8-6-4-2/h17,20H,3-16H2,1-2H3/t17-/m0/s1. The van der Waals surface area contributed by atoms with Gasteiger partial charge in [0.15, 0.2) is 6.10 Å². The fraction of sp³-hybridized carbons (Fsp3) is 0.895. The molecule has 1 N–H and O–H groups in total. The highest BCUT2D eigenvalue weighted by Gasteiger charge is 2.15. The Hall–Kier alpha value is -1.10. The number of aliphatic hydroxyl groups is 1. The fourth-order valence-corrected chi connectivity index (χ4v) is 2.37. The van der Waals surface area contributed by atoms with Gasteiger partial charge in [0.05, 0.1) is 6.61 Å². The molecule has 5 heteroatoms. The van der Waals surface area contributed by atoms with Crippen molar-refractivity contribution < 1.29 is 24.2 Å². The number of hydrogen-bond donors (Lipinski definition) is 1. The molecule has 142 valence electrons. The molecule has 0 heterocycles. The zero-order valence-corrected chi connectivity index (χ0v) is 15.6. The Morgan fingerprint density at radius 2 is 1.29 bits per heavy atom. The van der Waals surface area contributed by atoms with Crippen molar-refractivity contribution in [2.75, 3.05) is 13.2 Å². The van der Waals surface area contributed by atoms with E-state index in [-0.39, 0.29) is 25.2 Å². The first-order chi connectivity index (χ1) is 11.6. The average Bonchev–Trinajstić information content (AvgIpc) is 2.58. The lowest BCUT2D eigenvalue weighted by atomic mass is 10.1. The lowest BCUT2D eigenvalue weighted by Crippen LogP contribution is -2.28. The molecule has 0 fully saturated rings. The molecule has 0 aliphatic rings. The lowest BCUT2D eigenvalue weighted by molar-refractivity contribution is -0.161. The summed E-state index contributed by atoms with van der Waals surface area (Å²) in [6.07, 6.45) is 10.7. The van der Waals surface area contributed by atoms with Gasteiger partial charge in [-0.25, -0.2) is 0 Å². The second-order valence-corrected chi connectivity index (χ2v) is 6.31. The highest BCUT2D eigenvalue weighted by atomic mass is 16.6. The van der Waals surface area contributed by atoms with Crippen LogP contribution in [0.4, 0.5) is 0 Å². The third-order valence-electron chi connectivity index (χ3n) is 3.90. The van der Waals surface area contributed by atoms with Crippen LogP contribution in [0.15, 0.2) is 0 Å². The Morgan fingerprint density at radius 1 is 0.792 bits per heavy atom. The Morgan fingerprint density at radius 3 is 1.88 bits per heavy atom. The maximum Gasteiger partial charge on any atom is 0.306 e. The minimum atomic E-state index is -0.753. The van der Waals surface area contributed by atoms with E-state index in [1.54, 1.807) is 0 Å². The van der Waals surface area contributed by atoms with Gasteiger partial charge in [-0.05, 0) is 12.8 Å². The first kappa shape index (κ1) is 22.9. The molecule has 1 atom stereocenters. The molecule has 24 heavy (non-hydrogen) atoms. The van der Waals surface area contributed by atoms with E-state index < -0.39 is 6.10 Å². The van der Waals surface area contributed by atoms with Gasteiger partial charge in [0.25, 0.3) is 0 Å². The molecular formula is C19H36O5. The van der Waals surface area contributed by atoms with Gasteiger partial charge in [-0.15, -0.1) is 0 Å². The number of aliphatic hydroxyl groups excluding tert-OH is 1. The molecule has 0 unspecified atom stereocenters. The van der Waals surface area contributed by atoms with Crippen LogP contribution < -0.4 is 0 Å². The molecule has 5 nitrogen and oxygen atoms in total. The number of carbonyl (C=O) groups excluding carboxylic acids is 2. The zero-order chi connectivity index (χ0) is 18.0. The van der Waals surface area contributed by atoms with Crippen LogP contribution >= 0.6 is 0 Å². The van der Waals surface area contributed by atoms with Crippen LogP contribution in [0.2, 0.25) is 0 Å². The summed E-state index contributed by atoms with van der Waals surface area (Å²) in [6.45, 7) is 3.89. The minimum absolute atomic E-state index is 0.0636. The van der Waals surface area contributed by atoms with Crippen molar-refractivity contribution in [3.8, 4) is 0 Å². The number of esters is 2. The predicted octanol–water partition coefficient (Wildman–Crippen LogP) is 4.15. The summed E-state index contributed by atoms with van der Waals surface area (Å²) in [5, 5.41) is 9.23. The van der Waals surface area contributed by atoms with E-state index in [0.717, 1.165) is 44.9 Å². The Labute approximate surface area is 147 Å². The number of unbranched alkanes of at least 4 members (excludes halogenated alkanes) is 8. The monoisotopic (exact) mass is 344 g/mol. The quantitative estimate of drug-likeness (QED) is 0.336. The number of ether oxygens (including phenoxy) is 2. The smallest absolute Gasteiger partial charge is 0.306 e. The summed E-state index contributed by atoms with van der Waals surface area (Å²) >= 11 is 0. The van der Waals surface area contributed by atoms with Crippen LogP contribution in [0, 0.1) is 0 Å². The molecule has 0 rings (SSSR count). The molecule has 0 aliphatic heterocycles. The molecule has 0 aromatic rings. The molecule has 0 radical (unpaired) electrons. The highest BCUT2D eigenvalue weighted by molar-refractivity contribution is 5.70. The van der Waals surface area contributed by atoms with E-state index in [9.17, 15) is 14.7 Å². The maximum absolute atomic E-state index is 11.6. The third-order valence-corrected chi connectivity index (χ3v) is 3.90. The summed E-state index contributed by atoms with van der Waals surface area (Å²) in [6, 6.07) is 0. The minimum Gasteiger partial charge on any atom is -0.462 e. The van der Waals surface area contributed by atoms with Gasteiger partial charge in [0, 0.05) is 12.8 Å². The van der Waals surface area contributed by atoms with Crippen LogP contribution in [-0.2, 0) is 19.1 Å². The molecular weight excluding hydrogens is 308 g/mol. The van der Waals surface area contributed by atoms with Crippen molar-refractivity contribution in [2.45, 2.75) is 97.0 Å². The summed E-state index contributed by atoms with van der Waals surface area (Å²) in [5.74, 6) is -0.625. The summed E-state index contributed by atoms with van der Waals surface area (Å²) in [4.78, 5) is 23.3. The van der Waals surface area contributed by atoms with Crippen molar-refractivity contribution >= 4 is 11.9 Å². The van der Waals surface area contributed by atoms with Crippen LogP contribution in [0.25, 0.3) is 0 Å². The van der Waals surface area contributed by atoms with Gasteiger partial charge in [-0.3, -0.25) is 9.59 Å². The van der Waals surface area contributed by atoms with Gasteiger partial charge in [0.2, 0.25) is 0 Å². The third kappa shape index (κ3) is 14.5. The second-order valence-electron chi connectivity index (χ2n) is 6.31. The summed E-state index contributed by atoms with van der Waals surface area (Å²) in [7, 11) is 0. The van der Waals surface area contributed by atoms with Crippen molar-refractivity contribution in [1.29, 1.82) is 0 Å². The van der Waals surface area contributed by atoms with E-state index in [4.69, 9.17) is 9.47 Å². The van der Waals surface area contributed by atoms with Gasteiger partial charge >= 0.3 is 11.9 Å². The van der Waals surface area contributed by atoms with Crippen LogP contribution in [0.5, 0.6) is 0 Å². The van der Waals surface area contributed by atoms with E-state index >= 15 is 0 Å². The van der Waals surface area contributed by atoms with E-state index in [0.29, 0.717) is 12.8 Å². The second kappa shape index (κ2) is 16.7. The van der Waals surface area contributed by atoms with Crippen molar-refractivity contribution in [2.24, 2.45) is 0 Å². The molecule has 0 amide bonds.